The van der Waals surface area contributed by atoms with E-state index in [1.54, 1.807) is 0 Å². The van der Waals surface area contributed by atoms with Crippen molar-refractivity contribution in [2.45, 2.75) is 76.5 Å². The Morgan fingerprint density at radius 3 is 2.15 bits per heavy atom. The summed E-state index contributed by atoms with van der Waals surface area (Å²) < 4.78 is 2.51. The molecule has 5 saturated carbocycles. The Morgan fingerprint density at radius 1 is 0.923 bits per heavy atom. The van der Waals surface area contributed by atoms with E-state index in [1.165, 1.54) is 79.8 Å². The van der Waals surface area contributed by atoms with E-state index in [2.05, 4.69) is 36.6 Å². The van der Waals surface area contributed by atoms with Crippen molar-refractivity contribution in [2.24, 2.45) is 17.8 Å². The molecule has 1 aromatic carbocycles. The number of benzene rings is 1. The van der Waals surface area contributed by atoms with Gasteiger partial charge in [-0.1, -0.05) is 17.7 Å². The van der Waals surface area contributed by atoms with E-state index in [0.717, 1.165) is 17.8 Å². The smallest absolute Gasteiger partial charge is 0.143 e. The molecule has 0 atom stereocenters. The molecule has 1 heterocycles. The number of nitrogens with zero attached hydrogens (tertiary/aromatic N) is 3. The molecule has 0 radical (unpaired) electrons. The van der Waals surface area contributed by atoms with Gasteiger partial charge in [-0.15, -0.1) is 10.2 Å². The zero-order valence-corrected chi connectivity index (χ0v) is 16.0. The summed E-state index contributed by atoms with van der Waals surface area (Å²) in [5.41, 5.74) is 4.32. The lowest BCUT2D eigenvalue weighted by Gasteiger charge is -2.56. The third-order valence-electron chi connectivity index (χ3n) is 7.74. The molecule has 4 bridgehead atoms. The SMILES string of the molecule is Cc1ccc(-n2c(C3CC3)nnc2C23CC4CC(CC(C4)C2)C3)c(C)c1. The van der Waals surface area contributed by atoms with E-state index >= 15 is 0 Å². The van der Waals surface area contributed by atoms with E-state index in [1.807, 2.05) is 0 Å². The summed E-state index contributed by atoms with van der Waals surface area (Å²) in [4.78, 5) is 0. The van der Waals surface area contributed by atoms with Gasteiger partial charge in [0.1, 0.15) is 11.6 Å². The maximum absolute atomic E-state index is 4.92. The van der Waals surface area contributed by atoms with Crippen molar-refractivity contribution < 1.29 is 0 Å². The monoisotopic (exact) mass is 347 g/mol. The molecule has 2 aromatic rings. The van der Waals surface area contributed by atoms with Gasteiger partial charge in [0.15, 0.2) is 0 Å². The van der Waals surface area contributed by atoms with Crippen LogP contribution in [-0.4, -0.2) is 14.8 Å². The molecule has 26 heavy (non-hydrogen) atoms. The van der Waals surface area contributed by atoms with Crippen LogP contribution in [0.3, 0.4) is 0 Å². The standard InChI is InChI=1S/C23H29N3/c1-14-3-6-20(15(2)7-14)26-21(19-4-5-19)24-25-22(26)23-11-16-8-17(12-23)10-18(9-16)13-23/h3,6-7,16-19H,4-5,8-13H2,1-2H3. The van der Waals surface area contributed by atoms with Gasteiger partial charge in [-0.25, -0.2) is 0 Å². The number of aryl methyl sites for hydroxylation is 2. The van der Waals surface area contributed by atoms with Gasteiger partial charge in [0, 0.05) is 11.3 Å². The first-order valence-corrected chi connectivity index (χ1v) is 10.6. The first-order chi connectivity index (χ1) is 12.6. The second-order valence-corrected chi connectivity index (χ2v) is 9.98. The molecule has 3 nitrogen and oxygen atoms in total. The van der Waals surface area contributed by atoms with Crippen molar-refractivity contribution in [3.8, 4) is 5.69 Å². The van der Waals surface area contributed by atoms with E-state index in [0.29, 0.717) is 11.3 Å². The van der Waals surface area contributed by atoms with Crippen LogP contribution >= 0.6 is 0 Å². The third kappa shape index (κ3) is 2.18. The number of rotatable bonds is 3. The predicted molar refractivity (Wildman–Crippen MR) is 103 cm³/mol. The normalized spacial score (nSPS) is 35.2. The van der Waals surface area contributed by atoms with Crippen molar-refractivity contribution in [3.63, 3.8) is 0 Å². The van der Waals surface area contributed by atoms with E-state index in [4.69, 9.17) is 10.2 Å². The lowest BCUT2D eigenvalue weighted by atomic mass is 9.49. The molecule has 0 N–H and O–H groups in total. The number of hydrogen-bond donors (Lipinski definition) is 0. The first-order valence-electron chi connectivity index (χ1n) is 10.6. The molecule has 0 unspecified atom stereocenters. The molecule has 0 spiro atoms. The van der Waals surface area contributed by atoms with Gasteiger partial charge < -0.3 is 0 Å². The summed E-state index contributed by atoms with van der Waals surface area (Å²) in [6, 6.07) is 6.88. The van der Waals surface area contributed by atoms with Crippen molar-refractivity contribution >= 4 is 0 Å². The van der Waals surface area contributed by atoms with Crippen LogP contribution in [0.4, 0.5) is 0 Å². The summed E-state index contributed by atoms with van der Waals surface area (Å²) in [5.74, 6) is 6.00. The van der Waals surface area contributed by atoms with Crippen LogP contribution in [-0.2, 0) is 5.41 Å². The molecule has 3 heteroatoms. The first kappa shape index (κ1) is 15.4. The van der Waals surface area contributed by atoms with Gasteiger partial charge in [-0.05, 0) is 94.6 Å². The van der Waals surface area contributed by atoms with Crippen LogP contribution in [0.5, 0.6) is 0 Å². The molecule has 5 fully saturated rings. The Kier molecular flexibility index (Phi) is 3.09. The van der Waals surface area contributed by atoms with Crippen LogP contribution in [0, 0.1) is 31.6 Å². The van der Waals surface area contributed by atoms with Crippen molar-refractivity contribution in [3.05, 3.63) is 41.0 Å². The Hall–Kier alpha value is -1.64. The van der Waals surface area contributed by atoms with Gasteiger partial charge in [0.2, 0.25) is 0 Å². The minimum atomic E-state index is 0.298. The summed E-state index contributed by atoms with van der Waals surface area (Å²) >= 11 is 0. The van der Waals surface area contributed by atoms with Crippen molar-refractivity contribution in [1.29, 1.82) is 0 Å². The second kappa shape index (κ2) is 5.21. The topological polar surface area (TPSA) is 30.7 Å². The molecule has 5 aliphatic rings. The Labute approximate surface area is 156 Å². The number of aromatic nitrogens is 3. The van der Waals surface area contributed by atoms with Crippen molar-refractivity contribution in [1.82, 2.24) is 14.8 Å². The average Bonchev–Trinajstić information content (AvgIpc) is 3.32. The third-order valence-corrected chi connectivity index (χ3v) is 7.74. The molecule has 5 aliphatic carbocycles. The summed E-state index contributed by atoms with van der Waals surface area (Å²) in [6.07, 6.45) is 11.1. The highest BCUT2D eigenvalue weighted by molar-refractivity contribution is 5.46. The van der Waals surface area contributed by atoms with Crippen LogP contribution in [0.15, 0.2) is 18.2 Å². The molecule has 7 rings (SSSR count). The molecular weight excluding hydrogens is 318 g/mol. The van der Waals surface area contributed by atoms with Crippen LogP contribution in [0.1, 0.15) is 80.1 Å². The molecule has 0 amide bonds. The average molecular weight is 348 g/mol. The van der Waals surface area contributed by atoms with E-state index in [9.17, 15) is 0 Å². The van der Waals surface area contributed by atoms with Crippen LogP contribution in [0.2, 0.25) is 0 Å². The Balaban J connectivity index is 1.53. The highest BCUT2D eigenvalue weighted by Crippen LogP contribution is 2.61. The lowest BCUT2D eigenvalue weighted by molar-refractivity contribution is -0.0102. The molecule has 136 valence electrons. The highest BCUT2D eigenvalue weighted by atomic mass is 15.3. The van der Waals surface area contributed by atoms with Gasteiger partial charge in [0.25, 0.3) is 0 Å². The van der Waals surface area contributed by atoms with E-state index < -0.39 is 0 Å². The van der Waals surface area contributed by atoms with Gasteiger partial charge in [-0.3, -0.25) is 4.57 Å². The molecule has 0 aliphatic heterocycles. The fourth-order valence-electron chi connectivity index (χ4n) is 6.92. The van der Waals surface area contributed by atoms with Crippen molar-refractivity contribution in [2.75, 3.05) is 0 Å². The molecule has 0 saturated heterocycles. The summed E-state index contributed by atoms with van der Waals surface area (Å²) in [5, 5.41) is 9.71. The number of hydrogen-bond acceptors (Lipinski definition) is 2. The fourth-order valence-corrected chi connectivity index (χ4v) is 6.92. The quantitative estimate of drug-likeness (QED) is 0.761. The zero-order valence-electron chi connectivity index (χ0n) is 16.0. The van der Waals surface area contributed by atoms with E-state index in [-0.39, 0.29) is 0 Å². The molecule has 1 aromatic heterocycles. The Bertz CT molecular complexity index is 838. The maximum Gasteiger partial charge on any atom is 0.143 e. The van der Waals surface area contributed by atoms with Gasteiger partial charge in [0.05, 0.1) is 5.69 Å². The fraction of sp³-hybridized carbons (Fsp3) is 0.652. The summed E-state index contributed by atoms with van der Waals surface area (Å²) in [7, 11) is 0. The maximum atomic E-state index is 4.92. The largest absolute Gasteiger partial charge is 0.282 e. The summed E-state index contributed by atoms with van der Waals surface area (Å²) in [6.45, 7) is 4.44. The van der Waals surface area contributed by atoms with Crippen LogP contribution in [0.25, 0.3) is 5.69 Å². The lowest BCUT2D eigenvalue weighted by Crippen LogP contribution is -2.49. The zero-order chi connectivity index (χ0) is 17.5. The predicted octanol–water partition coefficient (Wildman–Crippen LogP) is 5.23. The minimum absolute atomic E-state index is 0.298. The van der Waals surface area contributed by atoms with Crippen LogP contribution < -0.4 is 0 Å². The van der Waals surface area contributed by atoms with Gasteiger partial charge >= 0.3 is 0 Å². The van der Waals surface area contributed by atoms with Gasteiger partial charge in [-0.2, -0.15) is 0 Å². The Morgan fingerprint density at radius 2 is 1.58 bits per heavy atom. The second-order valence-electron chi connectivity index (χ2n) is 9.98. The molecular formula is C23H29N3. The highest BCUT2D eigenvalue weighted by Gasteiger charge is 2.54. The minimum Gasteiger partial charge on any atom is -0.282 e.